The Morgan fingerprint density at radius 2 is 1.60 bits per heavy atom. The zero-order valence-electron chi connectivity index (χ0n) is 57.0. The monoisotopic (exact) mass is 1330 g/mol. The summed E-state index contributed by atoms with van der Waals surface area (Å²) in [6.07, 6.45) is 3.70. The molecule has 96 heavy (non-hydrogen) atoms. The van der Waals surface area contributed by atoms with Gasteiger partial charge in [0.15, 0.2) is 28.2 Å². The normalized spacial score (nSPS) is 23.7. The first kappa shape index (κ1) is 74.4. The molecular weight excluding hydrogens is 1240 g/mol. The third kappa shape index (κ3) is 17.4. The van der Waals surface area contributed by atoms with Crippen molar-refractivity contribution in [3.63, 3.8) is 0 Å². The molecule has 0 radical (unpaired) electrons. The number of rotatable bonds is 22. The second-order valence-corrected chi connectivity index (χ2v) is 26.2. The van der Waals surface area contributed by atoms with E-state index in [4.69, 9.17) is 43.6 Å². The zero-order valence-corrected chi connectivity index (χ0v) is 57.0. The topological polar surface area (TPSA) is 373 Å². The summed E-state index contributed by atoms with van der Waals surface area (Å²) in [5.74, 6) is -9.55. The summed E-state index contributed by atoms with van der Waals surface area (Å²) in [6, 6.07) is 8.28. The van der Waals surface area contributed by atoms with E-state index in [1.165, 1.54) is 78.5 Å². The summed E-state index contributed by atoms with van der Waals surface area (Å²) in [4.78, 5) is 112. The second-order valence-electron chi connectivity index (χ2n) is 26.2. The molecule has 0 unspecified atom stereocenters. The fourth-order valence-corrected chi connectivity index (χ4v) is 12.2. The van der Waals surface area contributed by atoms with Crippen molar-refractivity contribution in [2.24, 2.45) is 41.2 Å². The van der Waals surface area contributed by atoms with Crippen molar-refractivity contribution in [1.29, 1.82) is 0 Å². The average Bonchev–Trinajstić information content (AvgIpc) is 1.38. The number of aliphatic hydroxyl groups is 3. The number of nitrogens with zero attached hydrogens (tertiary/aromatic N) is 2. The molecule has 0 spiro atoms. The van der Waals surface area contributed by atoms with Crippen molar-refractivity contribution < 1.29 is 86.5 Å². The number of phenolic OH excluding ortho intramolecular Hbond substituents is 1. The molecule has 520 valence electrons. The van der Waals surface area contributed by atoms with Crippen LogP contribution in [0.3, 0.4) is 0 Å². The number of nitrogens with two attached hydrogens (primary N) is 1. The number of carbonyl (C=O) groups is 6. The number of nitrogens with one attached hydrogen (secondary N) is 4. The van der Waals surface area contributed by atoms with Crippen LogP contribution in [0.1, 0.15) is 99.1 Å². The number of Topliss-reactive ketones (excluding diaryl/α,β-unsaturated/α-hetero) is 1. The van der Waals surface area contributed by atoms with Gasteiger partial charge in [0.25, 0.3) is 5.91 Å². The van der Waals surface area contributed by atoms with E-state index >= 15 is 4.79 Å². The summed E-state index contributed by atoms with van der Waals surface area (Å²) < 4.78 is 42.2. The Balaban J connectivity index is 1.19. The first-order valence-electron chi connectivity index (χ1n) is 32.0. The van der Waals surface area contributed by atoms with Gasteiger partial charge in [-0.1, -0.05) is 71.9 Å². The largest absolute Gasteiger partial charge is 0.507 e. The molecule has 10 N–H and O–H groups in total. The van der Waals surface area contributed by atoms with Crippen LogP contribution in [0.5, 0.6) is 17.2 Å². The van der Waals surface area contributed by atoms with E-state index in [2.05, 4.69) is 21.3 Å². The molecule has 11 atom stereocenters. The number of quaternary nitrogens is 1. The van der Waals surface area contributed by atoms with Crippen molar-refractivity contribution in [1.82, 2.24) is 15.6 Å². The molecule has 0 saturated carbocycles. The minimum absolute atomic E-state index is 0.00168. The van der Waals surface area contributed by atoms with E-state index in [0.717, 1.165) is 5.56 Å². The highest BCUT2D eigenvalue weighted by Gasteiger charge is 2.45. The maximum atomic E-state index is 15.1. The molecule has 0 fully saturated rings. The van der Waals surface area contributed by atoms with E-state index < -0.39 is 123 Å². The Morgan fingerprint density at radius 3 is 2.25 bits per heavy atom. The van der Waals surface area contributed by atoms with Crippen LogP contribution in [0.25, 0.3) is 38.7 Å². The molecule has 4 aromatic carbocycles. The van der Waals surface area contributed by atoms with Crippen LogP contribution in [0.2, 0.25) is 0 Å². The van der Waals surface area contributed by atoms with E-state index in [0.29, 0.717) is 29.7 Å². The fourth-order valence-electron chi connectivity index (χ4n) is 12.2. The highest BCUT2D eigenvalue weighted by molar-refractivity contribution is 6.17. The smallest absolute Gasteiger partial charge is 0.312 e. The van der Waals surface area contributed by atoms with Crippen LogP contribution in [-0.2, 0) is 49.5 Å². The molecule has 2 aliphatic rings. The maximum Gasteiger partial charge on any atom is 0.312 e. The Bertz CT molecular complexity index is 4010. The Hall–Kier alpha value is -8.95. The summed E-state index contributed by atoms with van der Waals surface area (Å²) in [6.45, 7) is 17.3. The number of urea groups is 1. The van der Waals surface area contributed by atoms with Gasteiger partial charge in [-0.05, 0) is 50.8 Å². The third-order valence-corrected chi connectivity index (χ3v) is 17.9. The summed E-state index contributed by atoms with van der Waals surface area (Å²) >= 11 is 0. The van der Waals surface area contributed by atoms with Gasteiger partial charge in [-0.25, -0.2) is 9.78 Å². The highest BCUT2D eigenvalue weighted by Crippen LogP contribution is 2.42. The molecule has 5 bridgehead atoms. The lowest BCUT2D eigenvalue weighted by atomic mass is 9.78. The summed E-state index contributed by atoms with van der Waals surface area (Å²) in [7, 11) is 6.83. The number of carbonyl (C=O) groups excluding carboxylic acids is 6. The van der Waals surface area contributed by atoms with Crippen LogP contribution >= 0.6 is 0 Å². The molecule has 0 aliphatic carbocycles. The number of anilines is 2. The molecule has 5 amide bonds. The van der Waals surface area contributed by atoms with Crippen molar-refractivity contribution in [3.8, 4) is 17.2 Å². The van der Waals surface area contributed by atoms with Crippen LogP contribution in [0.15, 0.2) is 86.5 Å². The average molecular weight is 1340 g/mol. The number of allylic oxidation sites excluding steroid dienone is 2. The van der Waals surface area contributed by atoms with Gasteiger partial charge in [-0.15, -0.1) is 0 Å². The van der Waals surface area contributed by atoms with Crippen molar-refractivity contribution in [2.45, 2.75) is 138 Å². The number of methoxy groups -OCH3 is 2. The molecule has 5 aromatic rings. The van der Waals surface area contributed by atoms with Crippen LogP contribution in [0.4, 0.5) is 16.2 Å². The minimum atomic E-state index is -2.06. The van der Waals surface area contributed by atoms with Crippen molar-refractivity contribution >= 4 is 85.6 Å². The molecular formula is C70H92N7O19+. The second kappa shape index (κ2) is 31.7. The number of esters is 1. The summed E-state index contributed by atoms with van der Waals surface area (Å²) in [5, 5.41) is 57.7. The van der Waals surface area contributed by atoms with Gasteiger partial charge in [0, 0.05) is 117 Å². The van der Waals surface area contributed by atoms with Crippen LogP contribution in [0, 0.1) is 42.4 Å². The summed E-state index contributed by atoms with van der Waals surface area (Å²) in [5.41, 5.74) is 3.62. The number of amides is 5. The zero-order chi connectivity index (χ0) is 70.8. The molecule has 0 saturated heterocycles. The molecule has 26 heteroatoms. The molecule has 26 nitrogen and oxygen atoms in total. The predicted molar refractivity (Wildman–Crippen MR) is 359 cm³/mol. The Kier molecular flexibility index (Phi) is 24.6. The number of aliphatic hydroxyl groups excluding tert-OH is 3. The number of aromatic hydroxyl groups is 1. The van der Waals surface area contributed by atoms with Crippen molar-refractivity contribution in [2.75, 3.05) is 65.3 Å². The number of likely N-dealkylation sites (N-methyl/N-ethyl adjacent to an activating group) is 1. The van der Waals surface area contributed by atoms with Gasteiger partial charge in [-0.2, -0.15) is 0 Å². The number of aromatic nitrogens is 1. The number of ether oxygens (including phenoxy) is 6. The molecule has 2 aliphatic heterocycles. The standard InChI is InChI=1S/C70H91N7O19/c1-35(2)55(74-51(81)25-28-90-13)47(79)31-44(19-16-26-72-69(71)89)68(88)73-45-22-20-43(21-23-45)34-77(11,12)27-30-92-46-32-48(80)56-50(33-46)95-65-57(75-56)52-53-61(84)41(8)64-54(52)66(86)70(10,96-64)93-29-24-49(91-14)38(5)63(94-42(9)78)40(7)60(83)39(6)59(82)36(3)17-15-18-37(4)67(87)76-58(65)62(53)85/h15,17-18,20-24,29,32-33,35-36,38-40,44,49,55,59-60,63,82-83H,16,19,25-28,30-31,34H2,1-14H3,(H7-,71,72,73,74,75,76,80,81,84,85,86,87,88,89)/p+1/b17-15+,29-24+,37-18-/t36-,38+,39+,40+,44+,49-,55-,59-,60+,63+,70-/m0/s1. The Morgan fingerprint density at radius 1 is 0.906 bits per heavy atom. The van der Waals surface area contributed by atoms with Crippen LogP contribution in [-0.4, -0.2) is 156 Å². The maximum absolute atomic E-state index is 15.1. The van der Waals surface area contributed by atoms with Gasteiger partial charge < -0.3 is 84.7 Å². The number of phenols is 1. The number of hydrogen-bond donors (Lipinski definition) is 9. The fraction of sp³-hybridized carbons (Fsp3) is 0.500. The first-order chi connectivity index (χ1) is 45.2. The van der Waals surface area contributed by atoms with E-state index in [-0.39, 0.29) is 112 Å². The lowest BCUT2D eigenvalue weighted by Crippen LogP contribution is -2.46. The quantitative estimate of drug-likeness (QED) is 0.0120. The minimum Gasteiger partial charge on any atom is -0.507 e. The number of fused-ring (bicyclic) bond motifs is 5. The van der Waals surface area contributed by atoms with E-state index in [1.54, 1.807) is 59.8 Å². The lowest BCUT2D eigenvalue weighted by Gasteiger charge is -2.38. The molecule has 3 heterocycles. The first-order valence-corrected chi connectivity index (χ1v) is 32.0. The van der Waals surface area contributed by atoms with Gasteiger partial charge in [0.1, 0.15) is 54.3 Å². The van der Waals surface area contributed by atoms with Gasteiger partial charge >= 0.3 is 17.8 Å². The van der Waals surface area contributed by atoms with E-state index in [9.17, 15) is 54.0 Å². The molecule has 7 rings (SSSR count). The van der Waals surface area contributed by atoms with Gasteiger partial charge in [-0.3, -0.25) is 33.6 Å². The third-order valence-electron chi connectivity index (χ3n) is 17.9. The van der Waals surface area contributed by atoms with Gasteiger partial charge in [0.05, 0.1) is 61.9 Å². The molecule has 1 aromatic heterocycles. The number of primary amides is 1. The van der Waals surface area contributed by atoms with Gasteiger partial charge in [0.2, 0.25) is 22.7 Å². The lowest BCUT2D eigenvalue weighted by molar-refractivity contribution is -0.903. The number of ketones is 1. The van der Waals surface area contributed by atoms with E-state index in [1.807, 2.05) is 26.2 Å². The number of benzene rings is 4. The SMILES string of the molecule is COCCC(=O)N[C@H](C(=O)C[C@@H](CCCNC(N)=O)C(=O)Nc1ccc(C[N+](C)(C)CCOc2cc(=O)c3nc4c(oc3c2)c2c(=O)c3c(O)c(C)c5c(c34)=C(O)[C@@](C)(O/C=C/[C@H](OC)[C@@H](C)[C@@H](OC(C)=O)[C@H](C)[C@H](O)[C@H](C)[C@@H](O)[C@@H](C)/C=C/C=C(/C)C(=O)N2)O5)cc1)C(C)C. The highest BCUT2D eigenvalue weighted by atomic mass is 16.7. The predicted octanol–water partition coefficient (Wildman–Crippen LogP) is 6.36. The van der Waals surface area contributed by atoms with Crippen molar-refractivity contribution in [3.05, 3.63) is 109 Å². The Labute approximate surface area is 556 Å². The van der Waals surface area contributed by atoms with Crippen LogP contribution < -0.4 is 52.6 Å². The number of hydrogen-bond acceptors (Lipinski definition) is 20.